The van der Waals surface area contributed by atoms with Crippen molar-refractivity contribution in [3.63, 3.8) is 0 Å². The number of anilines is 3. The summed E-state index contributed by atoms with van der Waals surface area (Å²) in [6, 6.07) is 13.3. The predicted molar refractivity (Wildman–Crippen MR) is 91.3 cm³/mol. The molecule has 0 aliphatic heterocycles. The van der Waals surface area contributed by atoms with Gasteiger partial charge in [-0.15, -0.1) is 0 Å². The quantitative estimate of drug-likeness (QED) is 0.562. The van der Waals surface area contributed by atoms with Crippen LogP contribution in [-0.4, -0.2) is 12.5 Å². The van der Waals surface area contributed by atoms with E-state index in [0.717, 1.165) is 11.4 Å². The van der Waals surface area contributed by atoms with Crippen LogP contribution < -0.4 is 16.4 Å². The monoisotopic (exact) mass is 381 g/mol. The van der Waals surface area contributed by atoms with E-state index in [1.807, 2.05) is 37.3 Å². The van der Waals surface area contributed by atoms with Gasteiger partial charge in [0.05, 0.1) is 11.4 Å². The van der Waals surface area contributed by atoms with Crippen LogP contribution >= 0.6 is 22.6 Å². The van der Waals surface area contributed by atoms with Crippen molar-refractivity contribution in [1.82, 2.24) is 5.32 Å². The van der Waals surface area contributed by atoms with Gasteiger partial charge in [-0.1, -0.05) is 0 Å². The molecule has 2 rings (SSSR count). The number of amides is 1. The predicted octanol–water partition coefficient (Wildman–Crippen LogP) is 3.37. The minimum atomic E-state index is -0.111. The summed E-state index contributed by atoms with van der Waals surface area (Å²) in [7, 11) is 0. The number of nitrogens with one attached hydrogen (secondary N) is 2. The first-order valence-electron chi connectivity index (χ1n) is 6.30. The molecule has 0 bridgehead atoms. The Labute approximate surface area is 131 Å². The largest absolute Gasteiger partial charge is 0.397 e. The second kappa shape index (κ2) is 6.60. The summed E-state index contributed by atoms with van der Waals surface area (Å²) in [5.41, 5.74) is 8.86. The van der Waals surface area contributed by atoms with E-state index in [1.165, 1.54) is 3.57 Å². The molecule has 104 valence electrons. The third-order valence-corrected chi connectivity index (χ3v) is 3.49. The fourth-order valence-electron chi connectivity index (χ4n) is 1.77. The Kier molecular flexibility index (Phi) is 4.84. The Hall–Kier alpha value is -1.76. The highest BCUT2D eigenvalue weighted by Crippen LogP contribution is 2.24. The first-order valence-corrected chi connectivity index (χ1v) is 7.38. The minimum absolute atomic E-state index is 0.111. The maximum Gasteiger partial charge on any atom is 0.251 e. The average Bonchev–Trinajstić information content (AvgIpc) is 2.43. The zero-order valence-electron chi connectivity index (χ0n) is 11.1. The Balaban J connectivity index is 2.17. The van der Waals surface area contributed by atoms with E-state index < -0.39 is 0 Å². The molecule has 5 heteroatoms. The van der Waals surface area contributed by atoms with Crippen molar-refractivity contribution in [2.45, 2.75) is 6.92 Å². The van der Waals surface area contributed by atoms with Gasteiger partial charge in [0.15, 0.2) is 0 Å². The van der Waals surface area contributed by atoms with Crippen LogP contribution in [0.4, 0.5) is 17.1 Å². The van der Waals surface area contributed by atoms with Gasteiger partial charge in [-0.2, -0.15) is 0 Å². The Bertz CT molecular complexity index is 611. The summed E-state index contributed by atoms with van der Waals surface area (Å²) in [6.07, 6.45) is 0. The fourth-order valence-corrected chi connectivity index (χ4v) is 2.13. The summed E-state index contributed by atoms with van der Waals surface area (Å²) in [6.45, 7) is 2.48. The molecule has 0 aliphatic carbocycles. The summed E-state index contributed by atoms with van der Waals surface area (Å²) >= 11 is 2.26. The first-order chi connectivity index (χ1) is 9.60. The summed E-state index contributed by atoms with van der Waals surface area (Å²) in [5.74, 6) is -0.111. The van der Waals surface area contributed by atoms with E-state index in [4.69, 9.17) is 5.73 Å². The van der Waals surface area contributed by atoms with Gasteiger partial charge in [-0.25, -0.2) is 0 Å². The number of halogens is 1. The molecule has 0 aromatic heterocycles. The van der Waals surface area contributed by atoms with E-state index in [1.54, 1.807) is 12.1 Å². The fraction of sp³-hybridized carbons (Fsp3) is 0.133. The van der Waals surface area contributed by atoms with Crippen molar-refractivity contribution in [2.24, 2.45) is 0 Å². The lowest BCUT2D eigenvalue weighted by Gasteiger charge is -2.11. The van der Waals surface area contributed by atoms with Crippen molar-refractivity contribution >= 4 is 45.6 Å². The molecule has 0 heterocycles. The number of benzene rings is 2. The highest BCUT2D eigenvalue weighted by molar-refractivity contribution is 14.1. The third kappa shape index (κ3) is 3.63. The Morgan fingerprint density at radius 2 is 1.90 bits per heavy atom. The molecule has 0 fully saturated rings. The summed E-state index contributed by atoms with van der Waals surface area (Å²) in [5, 5.41) is 5.99. The Morgan fingerprint density at radius 1 is 1.20 bits per heavy atom. The summed E-state index contributed by atoms with van der Waals surface area (Å²) in [4.78, 5) is 11.7. The van der Waals surface area contributed by atoms with Crippen molar-refractivity contribution in [2.75, 3.05) is 17.6 Å². The lowest BCUT2D eigenvalue weighted by atomic mass is 10.1. The molecule has 2 aromatic carbocycles. The maximum absolute atomic E-state index is 11.7. The smallest absolute Gasteiger partial charge is 0.251 e. The van der Waals surface area contributed by atoms with Crippen molar-refractivity contribution in [3.8, 4) is 0 Å². The number of hydrogen-bond donors (Lipinski definition) is 3. The SMILES string of the molecule is CCNC(=O)c1ccc(Nc2ccc(I)cc2)c(N)c1. The first kappa shape index (κ1) is 14.6. The van der Waals surface area contributed by atoms with E-state index in [2.05, 4.69) is 33.2 Å². The molecule has 2 aromatic rings. The second-order valence-electron chi connectivity index (χ2n) is 4.29. The van der Waals surface area contributed by atoms with E-state index in [-0.39, 0.29) is 5.91 Å². The number of nitrogen functional groups attached to an aromatic ring is 1. The van der Waals surface area contributed by atoms with Crippen molar-refractivity contribution in [3.05, 3.63) is 51.6 Å². The topological polar surface area (TPSA) is 67.2 Å². The minimum Gasteiger partial charge on any atom is -0.397 e. The molecule has 1 amide bonds. The molecule has 4 N–H and O–H groups in total. The molecular formula is C15H16IN3O. The van der Waals surface area contributed by atoms with E-state index in [0.29, 0.717) is 17.8 Å². The third-order valence-electron chi connectivity index (χ3n) is 2.77. The average molecular weight is 381 g/mol. The zero-order chi connectivity index (χ0) is 14.5. The van der Waals surface area contributed by atoms with Crippen LogP contribution in [-0.2, 0) is 0 Å². The lowest BCUT2D eigenvalue weighted by molar-refractivity contribution is 0.0956. The highest BCUT2D eigenvalue weighted by atomic mass is 127. The van der Waals surface area contributed by atoms with Crippen LogP contribution in [0.25, 0.3) is 0 Å². The van der Waals surface area contributed by atoms with Crippen LogP contribution in [0, 0.1) is 3.57 Å². The highest BCUT2D eigenvalue weighted by Gasteiger charge is 2.07. The number of carbonyl (C=O) groups is 1. The normalized spacial score (nSPS) is 10.1. The molecule has 0 atom stereocenters. The van der Waals surface area contributed by atoms with Gasteiger partial charge in [0.2, 0.25) is 0 Å². The Morgan fingerprint density at radius 3 is 2.50 bits per heavy atom. The van der Waals surface area contributed by atoms with Crippen molar-refractivity contribution in [1.29, 1.82) is 0 Å². The van der Waals surface area contributed by atoms with Gasteiger partial charge in [0.25, 0.3) is 5.91 Å². The lowest BCUT2D eigenvalue weighted by Crippen LogP contribution is -2.22. The van der Waals surface area contributed by atoms with Gasteiger partial charge < -0.3 is 16.4 Å². The van der Waals surface area contributed by atoms with Crippen LogP contribution in [0.2, 0.25) is 0 Å². The molecule has 0 aliphatic rings. The molecule has 0 saturated carbocycles. The molecule has 4 nitrogen and oxygen atoms in total. The number of carbonyl (C=O) groups excluding carboxylic acids is 1. The van der Waals surface area contributed by atoms with Crippen LogP contribution in [0.3, 0.4) is 0 Å². The standard InChI is InChI=1S/C15H16IN3O/c1-2-18-15(20)10-3-8-14(13(17)9-10)19-12-6-4-11(16)5-7-12/h3-9,19H,2,17H2,1H3,(H,18,20). The van der Waals surface area contributed by atoms with Crippen LogP contribution in [0.15, 0.2) is 42.5 Å². The zero-order valence-corrected chi connectivity index (χ0v) is 13.3. The van der Waals surface area contributed by atoms with E-state index in [9.17, 15) is 4.79 Å². The van der Waals surface area contributed by atoms with Gasteiger partial charge in [-0.05, 0) is 72.0 Å². The number of rotatable bonds is 4. The maximum atomic E-state index is 11.7. The van der Waals surface area contributed by atoms with Crippen LogP contribution in [0.1, 0.15) is 17.3 Å². The van der Waals surface area contributed by atoms with Gasteiger partial charge in [-0.3, -0.25) is 4.79 Å². The second-order valence-corrected chi connectivity index (χ2v) is 5.54. The van der Waals surface area contributed by atoms with Gasteiger partial charge in [0.1, 0.15) is 0 Å². The number of hydrogen-bond acceptors (Lipinski definition) is 3. The molecule has 0 unspecified atom stereocenters. The van der Waals surface area contributed by atoms with Crippen molar-refractivity contribution < 1.29 is 4.79 Å². The molecule has 0 saturated heterocycles. The molecule has 20 heavy (non-hydrogen) atoms. The number of nitrogens with two attached hydrogens (primary N) is 1. The van der Waals surface area contributed by atoms with E-state index >= 15 is 0 Å². The van der Waals surface area contributed by atoms with Gasteiger partial charge in [0, 0.05) is 21.4 Å². The molecule has 0 radical (unpaired) electrons. The summed E-state index contributed by atoms with van der Waals surface area (Å²) < 4.78 is 1.17. The van der Waals surface area contributed by atoms with Crippen LogP contribution in [0.5, 0.6) is 0 Å². The molecular weight excluding hydrogens is 365 g/mol. The molecule has 0 spiro atoms. The van der Waals surface area contributed by atoms with Gasteiger partial charge >= 0.3 is 0 Å².